The van der Waals surface area contributed by atoms with Gasteiger partial charge in [-0.2, -0.15) is 0 Å². The van der Waals surface area contributed by atoms with Crippen LogP contribution in [0.4, 0.5) is 0 Å². The van der Waals surface area contributed by atoms with Crippen LogP contribution in [0.3, 0.4) is 0 Å². The Morgan fingerprint density at radius 1 is 0.912 bits per heavy atom. The van der Waals surface area contributed by atoms with Crippen LogP contribution < -0.4 is 4.72 Å². The fourth-order valence-electron chi connectivity index (χ4n) is 4.99. The number of aliphatic hydroxyl groups excluding tert-OH is 1. The Hall–Kier alpha value is -2.52. The van der Waals surface area contributed by atoms with Gasteiger partial charge in [0, 0.05) is 12.0 Å². The second-order valence-corrected chi connectivity index (χ2v) is 12.3. The highest BCUT2D eigenvalue weighted by molar-refractivity contribution is 7.92. The monoisotopic (exact) mass is 499 g/mol. The molecule has 0 saturated heterocycles. The number of rotatable bonds is 7. The number of aliphatic hydroxyl groups is 1. The van der Waals surface area contributed by atoms with E-state index in [0.29, 0.717) is 29.5 Å². The van der Waals surface area contributed by atoms with Gasteiger partial charge in [-0.05, 0) is 54.2 Å². The second kappa shape index (κ2) is 8.92. The lowest BCUT2D eigenvalue weighted by atomic mass is 9.70. The molecule has 0 saturated carbocycles. The standard InChI is InChI=1S/C26H29NO5S2/c1-4-26(5-2)20-13-9-10-14-23(20)33(29,30)25-16-24(18(3)15-21(25)26)34(31,32)27-17-22(28)19-11-7-6-8-12-19/h6-16,22,27-28H,4-5,17H2,1-3H3. The Morgan fingerprint density at radius 3 is 2.18 bits per heavy atom. The highest BCUT2D eigenvalue weighted by atomic mass is 32.2. The zero-order chi connectivity index (χ0) is 24.7. The lowest BCUT2D eigenvalue weighted by Crippen LogP contribution is -2.35. The number of nitrogens with one attached hydrogen (secondary N) is 1. The van der Waals surface area contributed by atoms with Crippen LogP contribution in [0.15, 0.2) is 81.4 Å². The molecule has 0 aromatic heterocycles. The van der Waals surface area contributed by atoms with Crippen molar-refractivity contribution in [3.8, 4) is 0 Å². The van der Waals surface area contributed by atoms with Crippen LogP contribution in [0.5, 0.6) is 0 Å². The van der Waals surface area contributed by atoms with Crippen molar-refractivity contribution in [3.63, 3.8) is 0 Å². The Labute approximate surface area is 201 Å². The molecule has 0 bridgehead atoms. The van der Waals surface area contributed by atoms with Crippen molar-refractivity contribution in [2.24, 2.45) is 0 Å². The van der Waals surface area contributed by atoms with E-state index in [9.17, 15) is 21.9 Å². The van der Waals surface area contributed by atoms with Gasteiger partial charge in [-0.15, -0.1) is 0 Å². The first kappa shape index (κ1) is 24.6. The number of benzene rings is 3. The summed E-state index contributed by atoms with van der Waals surface area (Å²) in [6.45, 7) is 5.49. The largest absolute Gasteiger partial charge is 0.387 e. The number of sulfonamides is 1. The summed E-state index contributed by atoms with van der Waals surface area (Å²) in [6.07, 6.45) is 0.323. The van der Waals surface area contributed by atoms with E-state index in [1.807, 2.05) is 32.0 Å². The van der Waals surface area contributed by atoms with Crippen LogP contribution in [0, 0.1) is 6.92 Å². The predicted octanol–water partition coefficient (Wildman–Crippen LogP) is 4.26. The van der Waals surface area contributed by atoms with Gasteiger partial charge in [0.1, 0.15) is 0 Å². The van der Waals surface area contributed by atoms with E-state index in [1.54, 1.807) is 49.4 Å². The summed E-state index contributed by atoms with van der Waals surface area (Å²) in [6, 6.07) is 18.7. The van der Waals surface area contributed by atoms with Crippen LogP contribution in [0.25, 0.3) is 0 Å². The van der Waals surface area contributed by atoms with Gasteiger partial charge in [0.2, 0.25) is 19.9 Å². The Balaban J connectivity index is 1.81. The quantitative estimate of drug-likeness (QED) is 0.506. The molecular formula is C26H29NO5S2. The summed E-state index contributed by atoms with van der Waals surface area (Å²) >= 11 is 0. The van der Waals surface area contributed by atoms with Gasteiger partial charge in [0.05, 0.1) is 20.8 Å². The summed E-state index contributed by atoms with van der Waals surface area (Å²) in [5, 5.41) is 10.4. The summed E-state index contributed by atoms with van der Waals surface area (Å²) in [5.74, 6) is 0. The third kappa shape index (κ3) is 3.88. The maximum absolute atomic E-state index is 13.6. The summed E-state index contributed by atoms with van der Waals surface area (Å²) in [4.78, 5) is 0.158. The number of hydrogen-bond donors (Lipinski definition) is 2. The molecule has 3 aromatic rings. The molecule has 1 heterocycles. The summed E-state index contributed by atoms with van der Waals surface area (Å²) in [7, 11) is -7.99. The molecule has 1 atom stereocenters. The molecule has 180 valence electrons. The molecule has 0 fully saturated rings. The minimum absolute atomic E-state index is 0.0319. The van der Waals surface area contributed by atoms with Gasteiger partial charge in [0.25, 0.3) is 0 Å². The molecule has 0 spiro atoms. The number of fused-ring (bicyclic) bond motifs is 2. The van der Waals surface area contributed by atoms with Crippen molar-refractivity contribution in [3.05, 3.63) is 89.0 Å². The summed E-state index contributed by atoms with van der Waals surface area (Å²) < 4.78 is 56.1. The Bertz CT molecular complexity index is 1430. The van der Waals surface area contributed by atoms with Gasteiger partial charge in [-0.1, -0.05) is 68.4 Å². The van der Waals surface area contributed by atoms with E-state index in [-0.39, 0.29) is 21.2 Å². The molecular weight excluding hydrogens is 470 g/mol. The van der Waals surface area contributed by atoms with Crippen molar-refractivity contribution in [2.45, 2.75) is 59.8 Å². The SMILES string of the molecule is CCC1(CC)c2ccccc2S(=O)(=O)c2cc(S(=O)(=O)NCC(O)c3ccccc3)c(C)cc21. The normalized spacial score (nSPS) is 16.9. The Morgan fingerprint density at radius 2 is 1.53 bits per heavy atom. The van der Waals surface area contributed by atoms with E-state index in [1.165, 1.54) is 6.07 Å². The molecule has 1 aliphatic rings. The average Bonchev–Trinajstić information content (AvgIpc) is 2.84. The predicted molar refractivity (Wildman–Crippen MR) is 131 cm³/mol. The zero-order valence-corrected chi connectivity index (χ0v) is 21.1. The topological polar surface area (TPSA) is 101 Å². The number of aryl methyl sites for hydroxylation is 1. The third-order valence-electron chi connectivity index (χ3n) is 6.92. The van der Waals surface area contributed by atoms with Crippen molar-refractivity contribution >= 4 is 19.9 Å². The number of sulfone groups is 1. The smallest absolute Gasteiger partial charge is 0.240 e. The van der Waals surface area contributed by atoms with Crippen molar-refractivity contribution in [1.29, 1.82) is 0 Å². The first-order chi connectivity index (χ1) is 16.1. The van der Waals surface area contributed by atoms with Crippen molar-refractivity contribution < 1.29 is 21.9 Å². The fraction of sp³-hybridized carbons (Fsp3) is 0.308. The molecule has 2 N–H and O–H groups in total. The molecule has 0 radical (unpaired) electrons. The Kier molecular flexibility index (Phi) is 6.46. The second-order valence-electron chi connectivity index (χ2n) is 8.68. The van der Waals surface area contributed by atoms with Crippen molar-refractivity contribution in [1.82, 2.24) is 4.72 Å². The first-order valence-electron chi connectivity index (χ1n) is 11.3. The van der Waals surface area contributed by atoms with Crippen LogP contribution in [-0.4, -0.2) is 28.5 Å². The minimum atomic E-state index is -4.08. The maximum Gasteiger partial charge on any atom is 0.240 e. The highest BCUT2D eigenvalue weighted by Crippen LogP contribution is 2.50. The molecule has 0 aliphatic carbocycles. The van der Waals surface area contributed by atoms with Gasteiger partial charge in [0.15, 0.2) is 0 Å². The van der Waals surface area contributed by atoms with Gasteiger partial charge in [-0.25, -0.2) is 21.6 Å². The van der Waals surface area contributed by atoms with Gasteiger partial charge >= 0.3 is 0 Å². The highest BCUT2D eigenvalue weighted by Gasteiger charge is 2.45. The van der Waals surface area contributed by atoms with Crippen LogP contribution in [0.1, 0.15) is 55.0 Å². The maximum atomic E-state index is 13.6. The first-order valence-corrected chi connectivity index (χ1v) is 14.3. The number of hydrogen-bond acceptors (Lipinski definition) is 5. The zero-order valence-electron chi connectivity index (χ0n) is 19.4. The lowest BCUT2D eigenvalue weighted by molar-refractivity contribution is 0.182. The molecule has 1 aliphatic heterocycles. The average molecular weight is 500 g/mol. The lowest BCUT2D eigenvalue weighted by Gasteiger charge is -2.40. The van der Waals surface area contributed by atoms with E-state index in [0.717, 1.165) is 5.56 Å². The van der Waals surface area contributed by atoms with E-state index in [4.69, 9.17) is 0 Å². The summed E-state index contributed by atoms with van der Waals surface area (Å²) in [5.41, 5.74) is 1.91. The molecule has 4 rings (SSSR count). The van der Waals surface area contributed by atoms with Crippen LogP contribution in [0.2, 0.25) is 0 Å². The third-order valence-corrected chi connectivity index (χ3v) is 10.3. The van der Waals surface area contributed by atoms with Gasteiger partial charge < -0.3 is 5.11 Å². The minimum Gasteiger partial charge on any atom is -0.387 e. The van der Waals surface area contributed by atoms with E-state index >= 15 is 0 Å². The molecule has 0 amide bonds. The van der Waals surface area contributed by atoms with E-state index in [2.05, 4.69) is 4.72 Å². The van der Waals surface area contributed by atoms with Crippen LogP contribution >= 0.6 is 0 Å². The molecule has 6 nitrogen and oxygen atoms in total. The van der Waals surface area contributed by atoms with Crippen LogP contribution in [-0.2, 0) is 25.3 Å². The molecule has 1 unspecified atom stereocenters. The molecule has 34 heavy (non-hydrogen) atoms. The van der Waals surface area contributed by atoms with E-state index < -0.39 is 31.4 Å². The molecule has 8 heteroatoms. The fourth-order valence-corrected chi connectivity index (χ4v) is 8.21. The van der Waals surface area contributed by atoms with Gasteiger partial charge in [-0.3, -0.25) is 0 Å². The van der Waals surface area contributed by atoms with Crippen molar-refractivity contribution in [2.75, 3.05) is 6.54 Å². The molecule has 3 aromatic carbocycles.